The lowest BCUT2D eigenvalue weighted by Crippen LogP contribution is -2.19. The van der Waals surface area contributed by atoms with Crippen molar-refractivity contribution in [1.82, 2.24) is 91.7 Å². The molecule has 0 radical (unpaired) electrons. The van der Waals surface area contributed by atoms with Gasteiger partial charge in [0, 0.05) is 80.0 Å². The van der Waals surface area contributed by atoms with Gasteiger partial charge in [-0.15, -0.1) is 0 Å². The number of hydrogen-bond acceptors (Lipinski definition) is 12. The summed E-state index contributed by atoms with van der Waals surface area (Å²) in [5.74, 6) is 0.231. The Bertz CT molecular complexity index is 5650. The van der Waals surface area contributed by atoms with Crippen LogP contribution in [0.4, 0.5) is 32.0 Å². The number of hydrogen-bond donors (Lipinski definition) is 9. The van der Waals surface area contributed by atoms with Crippen molar-refractivity contribution in [3.8, 4) is 79.2 Å². The zero-order valence-corrected chi connectivity index (χ0v) is 53.9. The van der Waals surface area contributed by atoms with E-state index < -0.39 is 12.0 Å². The Morgan fingerprint density at radius 1 is 0.406 bits per heavy atom. The maximum atomic E-state index is 13.2. The zero-order valence-electron chi connectivity index (χ0n) is 53.9. The van der Waals surface area contributed by atoms with Crippen LogP contribution in [0.2, 0.25) is 0 Å². The number of H-pyrrole nitrogens is 7. The third-order valence-corrected chi connectivity index (χ3v) is 15.8. The molecule has 0 bridgehead atoms. The monoisotopic (exact) mass is 1360 g/mol. The van der Waals surface area contributed by atoms with Crippen LogP contribution in [0.15, 0.2) is 194 Å². The van der Waals surface area contributed by atoms with E-state index in [9.17, 15) is 35.9 Å². The molecule has 9 aromatic carbocycles. The normalized spacial score (nSPS) is 11.3. The molecule has 2 amide bonds. The highest BCUT2D eigenvalue weighted by molar-refractivity contribution is 5.98. The summed E-state index contributed by atoms with van der Waals surface area (Å²) >= 11 is 0. The molecule has 0 aliphatic carbocycles. The Balaban J connectivity index is 0.000000121. The van der Waals surface area contributed by atoms with Crippen LogP contribution in [0.1, 0.15) is 48.0 Å². The third kappa shape index (κ3) is 15.5. The minimum absolute atomic E-state index is 0.0690. The van der Waals surface area contributed by atoms with E-state index in [1.54, 1.807) is 54.6 Å². The fourth-order valence-corrected chi connectivity index (χ4v) is 10.9. The minimum Gasteiger partial charge on any atom is -0.349 e. The molecule has 0 spiro atoms. The number of nitrogens with zero attached hydrogens (tertiary/aromatic N) is 10. The second-order valence-electron chi connectivity index (χ2n) is 23.2. The third-order valence-electron chi connectivity index (χ3n) is 15.8. The van der Waals surface area contributed by atoms with Gasteiger partial charge in [0.25, 0.3) is 0 Å². The second-order valence-corrected chi connectivity index (χ2v) is 23.2. The number of amides is 2. The highest BCUT2D eigenvalue weighted by Crippen LogP contribution is 2.35. The van der Waals surface area contributed by atoms with Gasteiger partial charge in [-0.2, -0.15) is 48.9 Å². The lowest BCUT2D eigenvalue weighted by molar-refractivity contribution is -0.144. The number of benzene rings is 9. The summed E-state index contributed by atoms with van der Waals surface area (Å²) in [7, 11) is 0. The summed E-state index contributed by atoms with van der Waals surface area (Å²) in [5.41, 5.74) is 16.2. The maximum Gasteiger partial charge on any atom is 0.451 e. The molecule has 0 atom stereocenters. The van der Waals surface area contributed by atoms with E-state index in [0.29, 0.717) is 45.2 Å². The van der Waals surface area contributed by atoms with Gasteiger partial charge >= 0.3 is 6.18 Å². The van der Waals surface area contributed by atoms with Crippen molar-refractivity contribution in [3.05, 3.63) is 246 Å². The summed E-state index contributed by atoms with van der Waals surface area (Å²) in [6, 6.07) is 57.0. The van der Waals surface area contributed by atoms with E-state index in [0.717, 1.165) is 100 Å². The van der Waals surface area contributed by atoms with E-state index in [2.05, 4.69) is 129 Å². The van der Waals surface area contributed by atoms with E-state index in [1.807, 2.05) is 97.0 Å². The summed E-state index contributed by atoms with van der Waals surface area (Å²) in [5, 5.41) is 58.0. The molecule has 0 saturated heterocycles. The first-order valence-corrected chi connectivity index (χ1v) is 31.2. The van der Waals surface area contributed by atoms with Crippen LogP contribution in [-0.2, 0) is 22.3 Å². The van der Waals surface area contributed by atoms with Crippen LogP contribution in [0, 0.1) is 31.3 Å². The number of fused-ring (bicyclic) bond motifs is 4. The van der Waals surface area contributed by atoms with Crippen LogP contribution >= 0.6 is 0 Å². The van der Waals surface area contributed by atoms with E-state index in [4.69, 9.17) is 0 Å². The lowest BCUT2D eigenvalue weighted by Gasteiger charge is -2.02. The number of nitrogens with one attached hydrogen (secondary N) is 9. The smallest absolute Gasteiger partial charge is 0.349 e. The average Bonchev–Trinajstić information content (AvgIpc) is 1.69. The van der Waals surface area contributed by atoms with Crippen molar-refractivity contribution >= 4 is 73.3 Å². The van der Waals surface area contributed by atoms with Gasteiger partial charge in [-0.1, -0.05) is 54.1 Å². The number of rotatable bonds is 12. The fourth-order valence-electron chi connectivity index (χ4n) is 10.9. The van der Waals surface area contributed by atoms with E-state index in [1.165, 1.54) is 55.8 Å². The molecule has 0 saturated carbocycles. The zero-order chi connectivity index (χ0) is 70.3. The molecular weight excluding hydrogens is 1300 g/mol. The summed E-state index contributed by atoms with van der Waals surface area (Å²) < 4.78 is 77.4. The number of carbonyl (C=O) groups excluding carboxylic acids is 2. The van der Waals surface area contributed by atoms with E-state index >= 15 is 0 Å². The molecule has 16 rings (SSSR count). The van der Waals surface area contributed by atoms with Crippen LogP contribution in [0.25, 0.3) is 135 Å². The average molecular weight is 1360 g/mol. The van der Waals surface area contributed by atoms with Gasteiger partial charge in [-0.3, -0.25) is 45.3 Å². The molecule has 0 aliphatic heterocycles. The first kappa shape index (κ1) is 66.2. The first-order chi connectivity index (χ1) is 48.8. The Morgan fingerprint density at radius 3 is 1.27 bits per heavy atom. The Kier molecular flexibility index (Phi) is 18.8. The van der Waals surface area contributed by atoms with Crippen molar-refractivity contribution in [1.29, 1.82) is 0 Å². The van der Waals surface area contributed by atoms with Crippen molar-refractivity contribution in [2.75, 3.05) is 5.32 Å². The van der Waals surface area contributed by atoms with Crippen LogP contribution in [0.3, 0.4) is 0 Å². The van der Waals surface area contributed by atoms with Gasteiger partial charge in [-0.05, 0) is 183 Å². The molecule has 0 unspecified atom stereocenters. The molecule has 0 fully saturated rings. The van der Waals surface area contributed by atoms with Crippen LogP contribution in [0.5, 0.6) is 0 Å². The van der Waals surface area contributed by atoms with Gasteiger partial charge in [0.1, 0.15) is 29.1 Å². The van der Waals surface area contributed by atoms with E-state index in [-0.39, 0.29) is 41.6 Å². The molecule has 0 aliphatic rings. The molecule has 7 aromatic heterocycles. The topological polar surface area (TPSA) is 298 Å². The number of carbonyl (C=O) groups is 2. The molecular formula is C74H57F6N19O2. The Hall–Kier alpha value is -13.5. The van der Waals surface area contributed by atoms with Gasteiger partial charge < -0.3 is 10.6 Å². The predicted octanol–water partition coefficient (Wildman–Crippen LogP) is 16.1. The van der Waals surface area contributed by atoms with Gasteiger partial charge in [0.05, 0.1) is 51.4 Å². The maximum absolute atomic E-state index is 13.2. The number of aromatic amines is 7. The standard InChI is InChI=1S/C23H18FN3O.C18H15FN6O.C17H15N5.C16H9F4N5/c1-15(28)25-20-11-4-16(5-12-20)2-3-17-6-13-22-21(14-17)23(27-26-22)18-7-9-19(24)10-8-18;1-10(26)20-9-16-21-18(25-23-16)12-4-7-15-14(8-12)17(24-22-15)11-2-5-13(19)6-3-11;1-10-4-3-5-12(8-10)16-14-9-13(6-7-15(14)20-21-16)17-18-11(2)19-22-17;17-10-4-1-8(2-5-10)13-11-7-9(3-6-12(11)22-23-13)14-21-15(25-24-14)16(18,19)20/h2-14H,1H3,(H,25,28)(H,26,27);2-8H,9H2,1H3,(H,20,26)(H,22,24)(H,21,23,25);3-9H,1-2H3,(H,20,21)(H,18,19,22);1-7H,(H,22,23)(H,21,24,25)/b3-2+;;;. The van der Waals surface area contributed by atoms with Crippen LogP contribution in [-0.4, -0.2) is 98.1 Å². The van der Waals surface area contributed by atoms with Crippen molar-refractivity contribution in [3.63, 3.8) is 0 Å². The molecule has 9 N–H and O–H groups in total. The first-order valence-electron chi connectivity index (χ1n) is 31.2. The summed E-state index contributed by atoms with van der Waals surface area (Å²) in [4.78, 5) is 34.4. The molecule has 16 aromatic rings. The number of aromatic nitrogens is 17. The summed E-state index contributed by atoms with van der Waals surface area (Å²) in [6.45, 7) is 7.20. The molecule has 101 heavy (non-hydrogen) atoms. The van der Waals surface area contributed by atoms with Crippen LogP contribution < -0.4 is 10.6 Å². The lowest BCUT2D eigenvalue weighted by atomic mass is 10.0. The highest BCUT2D eigenvalue weighted by Gasteiger charge is 2.35. The Morgan fingerprint density at radius 2 is 0.822 bits per heavy atom. The molecule has 21 nitrogen and oxygen atoms in total. The minimum atomic E-state index is -4.59. The number of aryl methyl sites for hydroxylation is 2. The Labute approximate surface area is 569 Å². The molecule has 502 valence electrons. The number of halogens is 6. The van der Waals surface area contributed by atoms with Gasteiger partial charge in [0.15, 0.2) is 17.5 Å². The van der Waals surface area contributed by atoms with Gasteiger partial charge in [-0.25, -0.2) is 28.1 Å². The molecule has 27 heteroatoms. The fraction of sp³-hybridized carbons (Fsp3) is 0.0811. The summed E-state index contributed by atoms with van der Waals surface area (Å²) in [6.07, 6.45) is -0.561. The van der Waals surface area contributed by atoms with Crippen molar-refractivity contribution in [2.24, 2.45) is 0 Å². The second kappa shape index (κ2) is 28.7. The van der Waals surface area contributed by atoms with Crippen molar-refractivity contribution in [2.45, 2.75) is 40.4 Å². The van der Waals surface area contributed by atoms with Gasteiger partial charge in [0.2, 0.25) is 17.6 Å². The largest absolute Gasteiger partial charge is 0.451 e. The quantitative estimate of drug-likeness (QED) is 0.0408. The number of alkyl halides is 3. The SMILES string of the molecule is CC(=O)NCc1nc(-c2ccc3[nH]nc(-c4ccc(F)cc4)c3c2)n[nH]1.CC(=O)Nc1ccc(/C=C/c2ccc3[nH]nc(-c4ccc(F)cc4)c3c2)cc1.Cc1cccc(-c2n[nH]c3ccc(-c4n[nH]c(C)n4)cc23)c1.Fc1ccc(-c2n[nH]c3ccc(-c4n[nH]c(C(F)(F)F)n4)cc23)cc1. The molecule has 7 heterocycles. The highest BCUT2D eigenvalue weighted by atomic mass is 19.4. The van der Waals surface area contributed by atoms with Crippen molar-refractivity contribution < 1.29 is 35.9 Å². The predicted molar refractivity (Wildman–Crippen MR) is 374 cm³/mol. The number of anilines is 1.